The molecule has 0 unspecified atom stereocenters. The van der Waals surface area contributed by atoms with Crippen LogP contribution in [0.3, 0.4) is 0 Å². The average molecular weight is 594 g/mol. The van der Waals surface area contributed by atoms with Crippen molar-refractivity contribution in [3.63, 3.8) is 0 Å². The zero-order valence-corrected chi connectivity index (χ0v) is 26.6. The van der Waals surface area contributed by atoms with Crippen molar-refractivity contribution in [3.8, 4) is 11.5 Å². The molecule has 0 radical (unpaired) electrons. The normalized spacial score (nSPS) is 10.9. The number of aryl methyl sites for hydroxylation is 1. The fourth-order valence-corrected chi connectivity index (χ4v) is 5.57. The van der Waals surface area contributed by atoms with Gasteiger partial charge in [0.05, 0.1) is 17.6 Å². The summed E-state index contributed by atoms with van der Waals surface area (Å²) in [6.45, 7) is 7.11. The zero-order valence-electron chi connectivity index (χ0n) is 25.8. The standard InChI is InChI=1S/C35H48N2O4S/c1-4-5-6-7-8-9-10-11-12-13-14-15-23-40-34-21-20-32(25-33(34)28(2)38)41-27-35(39)36-31-18-16-30(17-19-31)26-37-22-24-42-29(37)3/h16-22,24-25H,4-15,23,26-27H2,1-3H3/p+1. The van der Waals surface area contributed by atoms with Gasteiger partial charge in [-0.3, -0.25) is 9.59 Å². The number of carbonyl (C=O) groups is 2. The lowest BCUT2D eigenvalue weighted by molar-refractivity contribution is -0.689. The number of hydrogen-bond donors (Lipinski definition) is 1. The molecule has 228 valence electrons. The summed E-state index contributed by atoms with van der Waals surface area (Å²) in [5.74, 6) is 0.679. The molecule has 6 nitrogen and oxygen atoms in total. The number of Topliss-reactive ketones (excluding diaryl/α,β-unsaturated/α-hetero) is 1. The molecule has 0 aliphatic carbocycles. The Morgan fingerprint density at radius 1 is 0.833 bits per heavy atom. The maximum absolute atomic E-state index is 12.5. The lowest BCUT2D eigenvalue weighted by Gasteiger charge is -2.13. The summed E-state index contributed by atoms with van der Waals surface area (Å²) in [6, 6.07) is 13.0. The lowest BCUT2D eigenvalue weighted by Crippen LogP contribution is -2.34. The number of amides is 1. The van der Waals surface area contributed by atoms with Crippen LogP contribution in [0.5, 0.6) is 11.5 Å². The highest BCUT2D eigenvalue weighted by molar-refractivity contribution is 7.09. The number of carbonyl (C=O) groups excluding carboxylic acids is 2. The van der Waals surface area contributed by atoms with Crippen molar-refractivity contribution >= 4 is 28.7 Å². The second kappa shape index (κ2) is 19.1. The van der Waals surface area contributed by atoms with E-state index in [1.165, 1.54) is 76.1 Å². The van der Waals surface area contributed by atoms with Crippen LogP contribution in [0.15, 0.2) is 54.0 Å². The Labute approximate surface area is 256 Å². The molecule has 0 spiro atoms. The van der Waals surface area contributed by atoms with Crippen LogP contribution < -0.4 is 19.4 Å². The first-order chi connectivity index (χ1) is 20.5. The van der Waals surface area contributed by atoms with Crippen LogP contribution in [0.25, 0.3) is 0 Å². The Hall–Kier alpha value is -3.19. The molecule has 7 heteroatoms. The van der Waals surface area contributed by atoms with Crippen LogP contribution in [0, 0.1) is 6.92 Å². The van der Waals surface area contributed by atoms with Crippen LogP contribution in [0.2, 0.25) is 0 Å². The Morgan fingerprint density at radius 3 is 2.07 bits per heavy atom. The monoisotopic (exact) mass is 593 g/mol. The van der Waals surface area contributed by atoms with Gasteiger partial charge in [0.25, 0.3) is 5.91 Å². The summed E-state index contributed by atoms with van der Waals surface area (Å²) in [5.41, 5.74) is 2.35. The SMILES string of the molecule is CCCCCCCCCCCCCCOc1ccc(OCC(=O)Nc2ccc(C[n+]3ccsc3C)cc2)cc1C(C)=O. The van der Waals surface area contributed by atoms with Crippen molar-refractivity contribution in [1.82, 2.24) is 0 Å². The first kappa shape index (κ1) is 33.3. The molecule has 0 saturated carbocycles. The summed E-state index contributed by atoms with van der Waals surface area (Å²) >= 11 is 1.72. The lowest BCUT2D eigenvalue weighted by atomic mass is 10.1. The predicted molar refractivity (Wildman–Crippen MR) is 172 cm³/mol. The number of hydrogen-bond acceptors (Lipinski definition) is 5. The summed E-state index contributed by atoms with van der Waals surface area (Å²) < 4.78 is 13.8. The Kier molecular flexibility index (Phi) is 15.1. The summed E-state index contributed by atoms with van der Waals surface area (Å²) in [4.78, 5) is 24.7. The van der Waals surface area contributed by atoms with Gasteiger partial charge in [-0.05, 0) is 43.7 Å². The molecule has 0 fully saturated rings. The summed E-state index contributed by atoms with van der Waals surface area (Å²) in [5, 5.41) is 6.19. The number of ether oxygens (including phenoxy) is 2. The summed E-state index contributed by atoms with van der Waals surface area (Å²) in [7, 11) is 0. The van der Waals surface area contributed by atoms with E-state index in [-0.39, 0.29) is 18.3 Å². The number of thiazole rings is 1. The highest BCUT2D eigenvalue weighted by atomic mass is 32.1. The Balaban J connectivity index is 1.33. The van der Waals surface area contributed by atoms with Crippen molar-refractivity contribution in [3.05, 3.63) is 70.2 Å². The van der Waals surface area contributed by atoms with Crippen LogP contribution in [-0.2, 0) is 11.3 Å². The third kappa shape index (κ3) is 12.4. The van der Waals surface area contributed by atoms with Gasteiger partial charge in [-0.1, -0.05) is 101 Å². The van der Waals surface area contributed by atoms with Gasteiger partial charge in [-0.2, -0.15) is 4.57 Å². The van der Waals surface area contributed by atoms with Crippen molar-refractivity contribution in [2.24, 2.45) is 0 Å². The first-order valence-electron chi connectivity index (χ1n) is 15.7. The first-order valence-corrected chi connectivity index (χ1v) is 16.6. The fraction of sp³-hybridized carbons (Fsp3) is 0.514. The maximum atomic E-state index is 12.5. The van der Waals surface area contributed by atoms with Crippen LogP contribution in [-0.4, -0.2) is 24.9 Å². The maximum Gasteiger partial charge on any atom is 0.262 e. The zero-order chi connectivity index (χ0) is 30.0. The highest BCUT2D eigenvalue weighted by Crippen LogP contribution is 2.25. The van der Waals surface area contributed by atoms with E-state index in [1.54, 1.807) is 29.5 Å². The molecule has 0 aliphatic heterocycles. The van der Waals surface area contributed by atoms with Gasteiger partial charge in [0, 0.05) is 18.2 Å². The summed E-state index contributed by atoms with van der Waals surface area (Å²) in [6.07, 6.45) is 17.6. The minimum Gasteiger partial charge on any atom is -0.493 e. The van der Waals surface area contributed by atoms with Gasteiger partial charge < -0.3 is 14.8 Å². The van der Waals surface area contributed by atoms with E-state index in [4.69, 9.17) is 9.47 Å². The number of benzene rings is 2. The molecular formula is C35H49N2O4S+. The van der Waals surface area contributed by atoms with Gasteiger partial charge in [-0.15, -0.1) is 0 Å². The van der Waals surface area contributed by atoms with E-state index in [9.17, 15) is 9.59 Å². The second-order valence-corrected chi connectivity index (χ2v) is 12.1. The molecule has 1 amide bonds. The van der Waals surface area contributed by atoms with Crippen LogP contribution in [0.4, 0.5) is 5.69 Å². The molecule has 1 heterocycles. The molecule has 0 saturated heterocycles. The van der Waals surface area contributed by atoms with Crippen molar-refractivity contribution in [2.45, 2.75) is 104 Å². The predicted octanol–water partition coefficient (Wildman–Crippen LogP) is 8.69. The van der Waals surface area contributed by atoms with Gasteiger partial charge in [-0.25, -0.2) is 0 Å². The van der Waals surface area contributed by atoms with E-state index < -0.39 is 0 Å². The van der Waals surface area contributed by atoms with Crippen molar-refractivity contribution in [1.29, 1.82) is 0 Å². The molecule has 3 aromatic rings. The molecule has 0 bridgehead atoms. The minimum absolute atomic E-state index is 0.0921. The molecule has 1 N–H and O–H groups in total. The molecule has 0 aliphatic rings. The average Bonchev–Trinajstić information content (AvgIpc) is 3.39. The van der Waals surface area contributed by atoms with Crippen molar-refractivity contribution < 1.29 is 23.6 Å². The number of unbranched alkanes of at least 4 members (excludes halogenated alkanes) is 11. The van der Waals surface area contributed by atoms with Gasteiger partial charge in [0.2, 0.25) is 5.01 Å². The molecule has 2 aromatic carbocycles. The molecule has 42 heavy (non-hydrogen) atoms. The topological polar surface area (TPSA) is 68.5 Å². The largest absolute Gasteiger partial charge is 0.493 e. The molecule has 3 rings (SSSR count). The third-order valence-corrected chi connectivity index (χ3v) is 8.26. The third-order valence-electron chi connectivity index (χ3n) is 7.43. The van der Waals surface area contributed by atoms with Gasteiger partial charge in [0.15, 0.2) is 25.1 Å². The molecule has 0 atom stereocenters. The minimum atomic E-state index is -0.262. The van der Waals surface area contributed by atoms with E-state index in [0.29, 0.717) is 29.4 Å². The Morgan fingerprint density at radius 2 is 1.48 bits per heavy atom. The van der Waals surface area contributed by atoms with E-state index in [0.717, 1.165) is 24.9 Å². The van der Waals surface area contributed by atoms with E-state index in [1.807, 2.05) is 24.3 Å². The van der Waals surface area contributed by atoms with E-state index in [2.05, 4.69) is 35.3 Å². The number of nitrogens with one attached hydrogen (secondary N) is 1. The van der Waals surface area contributed by atoms with Gasteiger partial charge in [0.1, 0.15) is 11.5 Å². The second-order valence-electron chi connectivity index (χ2n) is 11.0. The molecule has 1 aromatic heterocycles. The number of nitrogens with zero attached hydrogens (tertiary/aromatic N) is 1. The number of aromatic nitrogens is 1. The number of rotatable bonds is 21. The fourth-order valence-electron chi connectivity index (χ4n) is 4.90. The van der Waals surface area contributed by atoms with Crippen LogP contribution >= 0.6 is 11.3 Å². The van der Waals surface area contributed by atoms with E-state index >= 15 is 0 Å². The highest BCUT2D eigenvalue weighted by Gasteiger charge is 2.13. The smallest absolute Gasteiger partial charge is 0.262 e. The quantitative estimate of drug-likeness (QED) is 0.0762. The van der Waals surface area contributed by atoms with Gasteiger partial charge >= 0.3 is 0 Å². The molecular weight excluding hydrogens is 544 g/mol. The van der Waals surface area contributed by atoms with Crippen molar-refractivity contribution in [2.75, 3.05) is 18.5 Å². The number of ketones is 1. The Bertz CT molecular complexity index is 1220. The number of anilines is 1. The van der Waals surface area contributed by atoms with Crippen LogP contribution in [0.1, 0.15) is 112 Å².